The molecule has 1 aromatic heterocycles. The highest BCUT2D eigenvalue weighted by molar-refractivity contribution is 5.92. The number of carbonyl (C=O) groups is 2. The van der Waals surface area contributed by atoms with Gasteiger partial charge in [-0.2, -0.15) is 5.10 Å². The summed E-state index contributed by atoms with van der Waals surface area (Å²) in [6.45, 7) is 23.0. The monoisotopic (exact) mass is 690 g/mol. The second kappa shape index (κ2) is 19.2. The fourth-order valence-electron chi connectivity index (χ4n) is 8.72. The van der Waals surface area contributed by atoms with Crippen molar-refractivity contribution < 1.29 is 9.59 Å². The highest BCUT2D eigenvalue weighted by Gasteiger charge is 2.41. The van der Waals surface area contributed by atoms with E-state index in [1.54, 1.807) is 16.9 Å². The first-order chi connectivity index (χ1) is 23.8. The van der Waals surface area contributed by atoms with Crippen molar-refractivity contribution in [1.29, 1.82) is 0 Å². The molecular formula is C43H71N5O2. The third kappa shape index (κ3) is 11.4. The summed E-state index contributed by atoms with van der Waals surface area (Å²) < 4.78 is 1.65. The summed E-state index contributed by atoms with van der Waals surface area (Å²) in [5.41, 5.74) is 2.17. The zero-order chi connectivity index (χ0) is 36.4. The van der Waals surface area contributed by atoms with Gasteiger partial charge in [-0.15, -0.1) is 0 Å². The number of likely N-dealkylation sites (tertiary alicyclic amines) is 2. The number of benzene rings is 1. The molecule has 7 heteroatoms. The lowest BCUT2D eigenvalue weighted by atomic mass is 9.82. The Kier molecular flexibility index (Phi) is 15.4. The van der Waals surface area contributed by atoms with Gasteiger partial charge in [-0.05, 0) is 104 Å². The standard InChI is InChI=1S/C17H25N.C13H21N3O.C13H25NO/c1-13(2)15-10-16-8-9-17(11-15)18(16)12-14-6-4-3-5-7-14;1-10(2)11-5-8-16(9-6-11)13(17)12-4-7-14-15(12)3;1-10(2)9-13(15)14-7-5-12(6-8-14)11(3)4/h3-7,13,15-17H,8-12H2,1-2H3;4,7,10-11H,5-6,8-9H2,1-3H3;10-12H,5-9H2,1-4H3/t15?,16-,17+;;. The van der Waals surface area contributed by atoms with Crippen molar-refractivity contribution in [2.75, 3.05) is 26.2 Å². The molecule has 4 saturated heterocycles. The molecule has 1 unspecified atom stereocenters. The van der Waals surface area contributed by atoms with Gasteiger partial charge in [0.05, 0.1) is 0 Å². The summed E-state index contributed by atoms with van der Waals surface area (Å²) in [7, 11) is 1.81. The summed E-state index contributed by atoms with van der Waals surface area (Å²) in [6, 6.07) is 14.5. The fraction of sp³-hybridized carbons (Fsp3) is 0.744. The first kappa shape index (κ1) is 40.1. The van der Waals surface area contributed by atoms with Gasteiger partial charge in [0.2, 0.25) is 5.91 Å². The lowest BCUT2D eigenvalue weighted by Crippen LogP contribution is -2.43. The number of hydrogen-bond donors (Lipinski definition) is 0. The Labute approximate surface area is 305 Å². The molecule has 4 fully saturated rings. The Morgan fingerprint density at radius 3 is 1.62 bits per heavy atom. The number of aromatic nitrogens is 2. The maximum absolute atomic E-state index is 12.2. The minimum Gasteiger partial charge on any atom is -0.343 e. The largest absolute Gasteiger partial charge is 0.343 e. The van der Waals surface area contributed by atoms with Gasteiger partial charge in [0.1, 0.15) is 5.69 Å². The van der Waals surface area contributed by atoms with Crippen LogP contribution in [-0.2, 0) is 18.4 Å². The van der Waals surface area contributed by atoms with Gasteiger partial charge < -0.3 is 9.80 Å². The molecule has 50 heavy (non-hydrogen) atoms. The van der Waals surface area contributed by atoms with E-state index >= 15 is 0 Å². The Hall–Kier alpha value is -2.67. The van der Waals surface area contributed by atoms with E-state index in [4.69, 9.17) is 0 Å². The van der Waals surface area contributed by atoms with Gasteiger partial charge in [0.25, 0.3) is 5.91 Å². The predicted octanol–water partition coefficient (Wildman–Crippen LogP) is 8.94. The predicted molar refractivity (Wildman–Crippen MR) is 207 cm³/mol. The van der Waals surface area contributed by atoms with Crippen LogP contribution in [0.15, 0.2) is 42.6 Å². The van der Waals surface area contributed by atoms with E-state index in [1.165, 1.54) is 50.6 Å². The third-order valence-electron chi connectivity index (χ3n) is 12.3. The van der Waals surface area contributed by atoms with Gasteiger partial charge in [-0.25, -0.2) is 0 Å². The third-order valence-corrected chi connectivity index (χ3v) is 12.3. The number of amides is 2. The van der Waals surface area contributed by atoms with Gasteiger partial charge in [-0.3, -0.25) is 19.2 Å². The molecule has 6 rings (SSSR count). The quantitative estimate of drug-likeness (QED) is 0.278. The van der Waals surface area contributed by atoms with Gasteiger partial charge >= 0.3 is 0 Å². The lowest BCUT2D eigenvalue weighted by molar-refractivity contribution is -0.133. The van der Waals surface area contributed by atoms with Crippen molar-refractivity contribution in [2.45, 2.75) is 132 Å². The average Bonchev–Trinajstić information content (AvgIpc) is 3.62. The number of hydrogen-bond acceptors (Lipinski definition) is 4. The number of rotatable bonds is 8. The van der Waals surface area contributed by atoms with Crippen molar-refractivity contribution in [3.63, 3.8) is 0 Å². The molecule has 2 aromatic rings. The Morgan fingerprint density at radius 1 is 0.680 bits per heavy atom. The van der Waals surface area contributed by atoms with Crippen molar-refractivity contribution in [1.82, 2.24) is 24.5 Å². The first-order valence-electron chi connectivity index (χ1n) is 20.2. The smallest absolute Gasteiger partial charge is 0.272 e. The van der Waals surface area contributed by atoms with E-state index in [9.17, 15) is 9.59 Å². The van der Waals surface area contributed by atoms with E-state index in [0.717, 1.165) is 86.6 Å². The molecule has 2 bridgehead atoms. The second-order valence-electron chi connectivity index (χ2n) is 17.3. The van der Waals surface area contributed by atoms with Crippen LogP contribution in [0.25, 0.3) is 0 Å². The van der Waals surface area contributed by atoms with Crippen molar-refractivity contribution in [3.8, 4) is 0 Å². The Bertz CT molecular complexity index is 1270. The zero-order valence-corrected chi connectivity index (χ0v) is 33.2. The van der Waals surface area contributed by atoms with Crippen LogP contribution in [0.3, 0.4) is 0 Å². The highest BCUT2D eigenvalue weighted by atomic mass is 16.2. The summed E-state index contributed by atoms with van der Waals surface area (Å²) in [5, 5.41) is 4.04. The second-order valence-corrected chi connectivity index (χ2v) is 17.3. The normalized spacial score (nSPS) is 23.3. The molecule has 2 amide bonds. The minimum atomic E-state index is 0.118. The number of carbonyl (C=O) groups excluding carboxylic acids is 2. The average molecular weight is 690 g/mol. The molecule has 3 atom stereocenters. The van der Waals surface area contributed by atoms with E-state index in [1.807, 2.05) is 11.9 Å². The topological polar surface area (TPSA) is 61.7 Å². The van der Waals surface area contributed by atoms with Crippen LogP contribution < -0.4 is 0 Å². The maximum Gasteiger partial charge on any atom is 0.272 e. The number of aryl methyl sites for hydroxylation is 1. The number of nitrogens with zero attached hydrogens (tertiary/aromatic N) is 5. The van der Waals surface area contributed by atoms with Gasteiger partial charge in [0, 0.05) is 64.5 Å². The fourth-order valence-corrected chi connectivity index (χ4v) is 8.72. The summed E-state index contributed by atoms with van der Waals surface area (Å²) in [6.07, 6.45) is 12.8. The molecule has 0 N–H and O–H groups in total. The molecule has 280 valence electrons. The minimum absolute atomic E-state index is 0.118. The molecule has 7 nitrogen and oxygen atoms in total. The van der Waals surface area contributed by atoms with Gasteiger partial charge in [0.15, 0.2) is 0 Å². The molecule has 5 heterocycles. The van der Waals surface area contributed by atoms with Crippen LogP contribution in [0.5, 0.6) is 0 Å². The maximum atomic E-state index is 12.2. The Morgan fingerprint density at radius 2 is 1.18 bits per heavy atom. The highest BCUT2D eigenvalue weighted by Crippen LogP contribution is 2.42. The summed E-state index contributed by atoms with van der Waals surface area (Å²) in [4.78, 5) is 30.8. The van der Waals surface area contributed by atoms with Gasteiger partial charge in [-0.1, -0.05) is 85.7 Å². The van der Waals surface area contributed by atoms with E-state index < -0.39 is 0 Å². The van der Waals surface area contributed by atoms with Crippen LogP contribution in [-0.4, -0.2) is 74.6 Å². The van der Waals surface area contributed by atoms with E-state index in [-0.39, 0.29) is 5.91 Å². The zero-order valence-electron chi connectivity index (χ0n) is 33.2. The van der Waals surface area contributed by atoms with Crippen LogP contribution in [0.1, 0.15) is 129 Å². The van der Waals surface area contributed by atoms with Crippen LogP contribution in [0, 0.1) is 41.4 Å². The van der Waals surface area contributed by atoms with E-state index in [2.05, 4.69) is 101 Å². The molecule has 0 aliphatic carbocycles. The molecule has 0 radical (unpaired) electrons. The molecule has 1 aromatic carbocycles. The molecular weight excluding hydrogens is 619 g/mol. The molecule has 0 spiro atoms. The van der Waals surface area contributed by atoms with Crippen LogP contribution >= 0.6 is 0 Å². The molecule has 4 aliphatic heterocycles. The van der Waals surface area contributed by atoms with Crippen molar-refractivity contribution >= 4 is 11.8 Å². The van der Waals surface area contributed by atoms with E-state index in [0.29, 0.717) is 23.9 Å². The Balaban J connectivity index is 0.000000169. The SMILES string of the molecule is CC(C)C1CCN(C(=O)c2ccnn2C)CC1.CC(C)C1C[C@H]2CC[C@@H](C1)N2Cc1ccccc1.CC(C)CC(=O)N1CCC(C(C)C)CC1. The van der Waals surface area contributed by atoms with Crippen molar-refractivity contribution in [2.24, 2.45) is 48.5 Å². The lowest BCUT2D eigenvalue weighted by Gasteiger charge is -2.40. The number of fused-ring (bicyclic) bond motifs is 2. The first-order valence-corrected chi connectivity index (χ1v) is 20.2. The van der Waals surface area contributed by atoms with Crippen LogP contribution in [0.2, 0.25) is 0 Å². The summed E-state index contributed by atoms with van der Waals surface area (Å²) >= 11 is 0. The van der Waals surface area contributed by atoms with Crippen molar-refractivity contribution in [3.05, 3.63) is 53.9 Å². The summed E-state index contributed by atoms with van der Waals surface area (Å²) in [5.74, 6) is 5.89. The number of piperidine rings is 3. The molecule has 0 saturated carbocycles. The van der Waals surface area contributed by atoms with Crippen LogP contribution in [0.4, 0.5) is 0 Å². The molecule has 4 aliphatic rings.